The van der Waals surface area contributed by atoms with Gasteiger partial charge in [-0.25, -0.2) is 9.97 Å². The Balaban J connectivity index is 2.13. The lowest BCUT2D eigenvalue weighted by molar-refractivity contribution is 0.193. The quantitative estimate of drug-likeness (QED) is 0.844. The van der Waals surface area contributed by atoms with Gasteiger partial charge in [0.15, 0.2) is 11.5 Å². The van der Waals surface area contributed by atoms with Crippen LogP contribution >= 0.6 is 0 Å². The van der Waals surface area contributed by atoms with Gasteiger partial charge in [0, 0.05) is 18.5 Å². The molecule has 0 spiro atoms. The summed E-state index contributed by atoms with van der Waals surface area (Å²) in [5.74, 6) is 2.23. The summed E-state index contributed by atoms with van der Waals surface area (Å²) in [5.41, 5.74) is 0.768. The maximum absolute atomic E-state index is 5.53. The summed E-state index contributed by atoms with van der Waals surface area (Å²) in [5, 5.41) is 0.967. The first kappa shape index (κ1) is 14.8. The van der Waals surface area contributed by atoms with Crippen molar-refractivity contribution in [1.82, 2.24) is 9.97 Å². The van der Waals surface area contributed by atoms with E-state index in [1.54, 1.807) is 20.5 Å². The van der Waals surface area contributed by atoms with Crippen LogP contribution in [0.25, 0.3) is 10.9 Å². The number of ether oxygens (including phenoxy) is 3. The molecule has 0 saturated carbocycles. The Hall–Kier alpha value is -2.08. The van der Waals surface area contributed by atoms with Gasteiger partial charge in [0.25, 0.3) is 0 Å². The number of hydrogen-bond acceptors (Lipinski definition) is 6. The van der Waals surface area contributed by atoms with Gasteiger partial charge in [0.05, 0.1) is 26.9 Å². The Morgan fingerprint density at radius 1 is 1.27 bits per heavy atom. The smallest absolute Gasteiger partial charge is 0.187 e. The molecular formula is C16H21N3O3. The molecule has 1 saturated heterocycles. The minimum absolute atomic E-state index is 0.358. The topological polar surface area (TPSA) is 56.7 Å². The van der Waals surface area contributed by atoms with Gasteiger partial charge >= 0.3 is 0 Å². The molecule has 0 unspecified atom stereocenters. The van der Waals surface area contributed by atoms with Gasteiger partial charge in [-0.15, -0.1) is 0 Å². The average Bonchev–Trinajstić information content (AvgIpc) is 3.08. The molecule has 0 aliphatic carbocycles. The number of hydrogen-bond donors (Lipinski definition) is 0. The fourth-order valence-electron chi connectivity index (χ4n) is 3.01. The van der Waals surface area contributed by atoms with Gasteiger partial charge < -0.3 is 19.1 Å². The first-order chi connectivity index (χ1) is 10.8. The van der Waals surface area contributed by atoms with Crippen LogP contribution in [0, 0.1) is 0 Å². The Kier molecular flexibility index (Phi) is 4.29. The molecule has 3 rings (SSSR count). The molecule has 1 aliphatic heterocycles. The molecule has 0 amide bonds. The molecule has 1 aromatic carbocycles. The molecule has 1 aromatic heterocycles. The summed E-state index contributed by atoms with van der Waals surface area (Å²) >= 11 is 0. The molecule has 1 fully saturated rings. The lowest BCUT2D eigenvalue weighted by atomic mass is 10.1. The van der Waals surface area contributed by atoms with Crippen LogP contribution in [0.5, 0.6) is 11.5 Å². The van der Waals surface area contributed by atoms with E-state index in [0.29, 0.717) is 17.5 Å². The minimum Gasteiger partial charge on any atom is -0.493 e. The summed E-state index contributed by atoms with van der Waals surface area (Å²) in [7, 11) is 3.25. The first-order valence-corrected chi connectivity index (χ1v) is 7.50. The van der Waals surface area contributed by atoms with Crippen molar-refractivity contribution in [3.63, 3.8) is 0 Å². The van der Waals surface area contributed by atoms with Crippen molar-refractivity contribution in [3.05, 3.63) is 18.5 Å². The van der Waals surface area contributed by atoms with E-state index in [2.05, 4.69) is 21.8 Å². The van der Waals surface area contributed by atoms with Gasteiger partial charge in [0.2, 0.25) is 0 Å². The van der Waals surface area contributed by atoms with E-state index in [0.717, 1.165) is 42.9 Å². The molecule has 118 valence electrons. The fourth-order valence-corrected chi connectivity index (χ4v) is 3.01. The van der Waals surface area contributed by atoms with Gasteiger partial charge in [-0.3, -0.25) is 0 Å². The highest BCUT2D eigenvalue weighted by Gasteiger charge is 2.25. The standard InChI is InChI=1S/C16H21N3O3/c1-4-19(11-7-8-22-9-11)16-12-5-6-13(20-2)15(21-3)14(12)17-10-18-16/h5-6,10-11H,4,7-9H2,1-3H3/t11-/m1/s1. The number of anilines is 1. The zero-order chi connectivity index (χ0) is 15.5. The van der Waals surface area contributed by atoms with Crippen LogP contribution in [0.4, 0.5) is 5.82 Å². The Labute approximate surface area is 130 Å². The SMILES string of the molecule is CCN(c1ncnc2c(OC)c(OC)ccc12)[C@@H]1CCOC1. The molecule has 1 aliphatic rings. The molecule has 2 aromatic rings. The first-order valence-electron chi connectivity index (χ1n) is 7.50. The Morgan fingerprint density at radius 3 is 2.77 bits per heavy atom. The zero-order valence-corrected chi connectivity index (χ0v) is 13.2. The Bertz CT molecular complexity index is 656. The molecule has 0 radical (unpaired) electrons. The molecule has 0 N–H and O–H groups in total. The van der Waals surface area contributed by atoms with E-state index >= 15 is 0 Å². The van der Waals surface area contributed by atoms with Gasteiger partial charge in [-0.05, 0) is 25.5 Å². The van der Waals surface area contributed by atoms with E-state index < -0.39 is 0 Å². The second-order valence-corrected chi connectivity index (χ2v) is 5.20. The molecular weight excluding hydrogens is 282 g/mol. The molecule has 1 atom stereocenters. The third-order valence-corrected chi connectivity index (χ3v) is 4.09. The number of likely N-dealkylation sites (N-methyl/N-ethyl adjacent to an activating group) is 1. The molecule has 6 nitrogen and oxygen atoms in total. The summed E-state index contributed by atoms with van der Waals surface area (Å²) in [6, 6.07) is 4.24. The summed E-state index contributed by atoms with van der Waals surface area (Å²) in [6.45, 7) is 4.55. The van der Waals surface area contributed by atoms with Crippen molar-refractivity contribution < 1.29 is 14.2 Å². The van der Waals surface area contributed by atoms with Gasteiger partial charge in [-0.2, -0.15) is 0 Å². The van der Waals surface area contributed by atoms with Crippen molar-refractivity contribution in [1.29, 1.82) is 0 Å². The predicted octanol–water partition coefficient (Wildman–Crippen LogP) is 2.26. The third-order valence-electron chi connectivity index (χ3n) is 4.09. The number of rotatable bonds is 5. The number of aromatic nitrogens is 2. The lowest BCUT2D eigenvalue weighted by Crippen LogP contribution is -2.36. The zero-order valence-electron chi connectivity index (χ0n) is 13.2. The van der Waals surface area contributed by atoms with Crippen LogP contribution in [0.3, 0.4) is 0 Å². The highest BCUT2D eigenvalue weighted by Crippen LogP contribution is 2.37. The molecule has 22 heavy (non-hydrogen) atoms. The van der Waals surface area contributed by atoms with Crippen LogP contribution in [-0.2, 0) is 4.74 Å². The van der Waals surface area contributed by atoms with E-state index in [9.17, 15) is 0 Å². The second-order valence-electron chi connectivity index (χ2n) is 5.20. The van der Waals surface area contributed by atoms with E-state index in [1.165, 1.54) is 0 Å². The Morgan fingerprint density at radius 2 is 2.14 bits per heavy atom. The predicted molar refractivity (Wildman–Crippen MR) is 84.9 cm³/mol. The molecule has 6 heteroatoms. The van der Waals surface area contributed by atoms with Crippen LogP contribution < -0.4 is 14.4 Å². The minimum atomic E-state index is 0.358. The summed E-state index contributed by atoms with van der Waals surface area (Å²) in [4.78, 5) is 11.2. The summed E-state index contributed by atoms with van der Waals surface area (Å²) < 4.78 is 16.4. The van der Waals surface area contributed by atoms with Gasteiger partial charge in [-0.1, -0.05) is 0 Å². The number of fused-ring (bicyclic) bond motifs is 1. The van der Waals surface area contributed by atoms with Crippen molar-refractivity contribution in [2.24, 2.45) is 0 Å². The van der Waals surface area contributed by atoms with E-state index in [4.69, 9.17) is 14.2 Å². The number of benzene rings is 1. The molecule has 0 bridgehead atoms. The van der Waals surface area contributed by atoms with Crippen LogP contribution in [0.1, 0.15) is 13.3 Å². The number of methoxy groups -OCH3 is 2. The maximum atomic E-state index is 5.53. The van der Waals surface area contributed by atoms with Crippen LogP contribution in [0.15, 0.2) is 18.5 Å². The van der Waals surface area contributed by atoms with E-state index in [-0.39, 0.29) is 0 Å². The monoisotopic (exact) mass is 303 g/mol. The summed E-state index contributed by atoms with van der Waals surface area (Å²) in [6.07, 6.45) is 2.60. The van der Waals surface area contributed by atoms with Gasteiger partial charge in [0.1, 0.15) is 17.7 Å². The van der Waals surface area contributed by atoms with Crippen molar-refractivity contribution >= 4 is 16.7 Å². The normalized spacial score (nSPS) is 17.7. The second kappa shape index (κ2) is 6.36. The van der Waals surface area contributed by atoms with Crippen LogP contribution in [-0.4, -0.2) is 50.0 Å². The fraction of sp³-hybridized carbons (Fsp3) is 0.500. The highest BCUT2D eigenvalue weighted by atomic mass is 16.5. The maximum Gasteiger partial charge on any atom is 0.187 e. The molecule has 2 heterocycles. The largest absolute Gasteiger partial charge is 0.493 e. The van der Waals surface area contributed by atoms with Crippen LogP contribution in [0.2, 0.25) is 0 Å². The third kappa shape index (κ3) is 2.43. The van der Waals surface area contributed by atoms with E-state index in [1.807, 2.05) is 12.1 Å². The van der Waals surface area contributed by atoms with Crippen molar-refractivity contribution in [2.75, 3.05) is 38.9 Å². The average molecular weight is 303 g/mol. The number of nitrogens with zero attached hydrogens (tertiary/aromatic N) is 3. The van der Waals surface area contributed by atoms with Crippen molar-refractivity contribution in [2.45, 2.75) is 19.4 Å². The lowest BCUT2D eigenvalue weighted by Gasteiger charge is -2.28. The highest BCUT2D eigenvalue weighted by molar-refractivity contribution is 5.95. The van der Waals surface area contributed by atoms with Crippen molar-refractivity contribution in [3.8, 4) is 11.5 Å².